The van der Waals surface area contributed by atoms with Crippen molar-refractivity contribution in [3.63, 3.8) is 0 Å². The van der Waals surface area contributed by atoms with E-state index in [0.29, 0.717) is 18.0 Å². The highest BCUT2D eigenvalue weighted by atomic mass is 16.7. The van der Waals surface area contributed by atoms with Crippen LogP contribution in [0.25, 0.3) is 0 Å². The molecule has 6 nitrogen and oxygen atoms in total. The zero-order chi connectivity index (χ0) is 17.5. The zero-order valence-corrected chi connectivity index (χ0v) is 15.0. The number of benzene rings is 1. The summed E-state index contributed by atoms with van der Waals surface area (Å²) in [5.41, 5.74) is 2.56. The lowest BCUT2D eigenvalue weighted by Gasteiger charge is -2.31. The predicted octanol–water partition coefficient (Wildman–Crippen LogP) is 2.14. The van der Waals surface area contributed by atoms with E-state index in [9.17, 15) is 4.79 Å². The summed E-state index contributed by atoms with van der Waals surface area (Å²) in [5.74, 6) is -0.331. The highest BCUT2D eigenvalue weighted by molar-refractivity contribution is 5.90. The van der Waals surface area contributed by atoms with Crippen LogP contribution in [0.15, 0.2) is 18.2 Å². The summed E-state index contributed by atoms with van der Waals surface area (Å²) in [7, 11) is 6.79. The molecule has 1 fully saturated rings. The number of likely N-dealkylation sites (tertiary alicyclic amines) is 1. The third kappa shape index (κ3) is 4.93. The molecule has 1 aromatic carbocycles. The molecule has 0 atom stereocenters. The molecule has 0 aromatic heterocycles. The molecule has 0 aliphatic carbocycles. The number of nitrogens with zero attached hydrogens (tertiary/aromatic N) is 1. The Morgan fingerprint density at radius 2 is 1.92 bits per heavy atom. The molecule has 0 unspecified atom stereocenters. The third-order valence-corrected chi connectivity index (χ3v) is 4.52. The van der Waals surface area contributed by atoms with E-state index in [0.717, 1.165) is 37.2 Å². The van der Waals surface area contributed by atoms with E-state index in [1.54, 1.807) is 20.3 Å². The molecule has 0 radical (unpaired) electrons. The van der Waals surface area contributed by atoms with Crippen molar-refractivity contribution >= 4 is 11.7 Å². The van der Waals surface area contributed by atoms with Gasteiger partial charge in [0, 0.05) is 32.4 Å². The SMILES string of the molecule is COC(=O)c1ccc(CC(OC)OC)c(NC2CCN(C)CC2)c1. The van der Waals surface area contributed by atoms with Crippen LogP contribution in [0, 0.1) is 0 Å². The molecule has 0 bridgehead atoms. The molecule has 1 aliphatic rings. The van der Waals surface area contributed by atoms with Crippen molar-refractivity contribution in [1.82, 2.24) is 4.90 Å². The summed E-state index contributed by atoms with van der Waals surface area (Å²) in [6.07, 6.45) is 2.46. The maximum atomic E-state index is 11.8. The van der Waals surface area contributed by atoms with Gasteiger partial charge in [0.25, 0.3) is 0 Å². The first-order chi connectivity index (χ1) is 11.6. The van der Waals surface area contributed by atoms with Crippen LogP contribution >= 0.6 is 0 Å². The fourth-order valence-electron chi connectivity index (χ4n) is 2.95. The number of esters is 1. The van der Waals surface area contributed by atoms with Crippen LogP contribution in [0.3, 0.4) is 0 Å². The summed E-state index contributed by atoms with van der Waals surface area (Å²) < 4.78 is 15.5. The second kappa shape index (κ2) is 9.01. The van der Waals surface area contributed by atoms with Crippen molar-refractivity contribution in [3.8, 4) is 0 Å². The van der Waals surface area contributed by atoms with Crippen LogP contribution in [0.1, 0.15) is 28.8 Å². The predicted molar refractivity (Wildman–Crippen MR) is 93.4 cm³/mol. The van der Waals surface area contributed by atoms with Gasteiger partial charge in [0.2, 0.25) is 0 Å². The fraction of sp³-hybridized carbons (Fsp3) is 0.611. The third-order valence-electron chi connectivity index (χ3n) is 4.52. The Morgan fingerprint density at radius 1 is 1.25 bits per heavy atom. The van der Waals surface area contributed by atoms with Gasteiger partial charge in [0.05, 0.1) is 12.7 Å². The van der Waals surface area contributed by atoms with Crippen LogP contribution in [0.5, 0.6) is 0 Å². The van der Waals surface area contributed by atoms with E-state index in [1.807, 2.05) is 12.1 Å². The average Bonchev–Trinajstić information content (AvgIpc) is 2.61. The van der Waals surface area contributed by atoms with Crippen molar-refractivity contribution in [2.45, 2.75) is 31.6 Å². The van der Waals surface area contributed by atoms with Gasteiger partial charge in [-0.25, -0.2) is 4.79 Å². The molecule has 0 amide bonds. The minimum absolute atomic E-state index is 0.313. The quantitative estimate of drug-likeness (QED) is 0.608. The number of carbonyl (C=O) groups excluding carboxylic acids is 1. The van der Waals surface area contributed by atoms with Gasteiger partial charge in [-0.05, 0) is 50.7 Å². The minimum atomic E-state index is -0.331. The number of nitrogens with one attached hydrogen (secondary N) is 1. The second-order valence-corrected chi connectivity index (χ2v) is 6.19. The maximum Gasteiger partial charge on any atom is 0.337 e. The topological polar surface area (TPSA) is 60.0 Å². The van der Waals surface area contributed by atoms with Gasteiger partial charge in [-0.3, -0.25) is 0 Å². The smallest absolute Gasteiger partial charge is 0.337 e. The minimum Gasteiger partial charge on any atom is -0.465 e. The van der Waals surface area contributed by atoms with Crippen LogP contribution in [-0.4, -0.2) is 64.7 Å². The van der Waals surface area contributed by atoms with Gasteiger partial charge in [0.15, 0.2) is 6.29 Å². The lowest BCUT2D eigenvalue weighted by atomic mass is 10.0. The van der Waals surface area contributed by atoms with Crippen molar-refractivity contribution < 1.29 is 19.0 Å². The van der Waals surface area contributed by atoms with Crippen molar-refractivity contribution in [2.24, 2.45) is 0 Å². The van der Waals surface area contributed by atoms with Gasteiger partial charge in [-0.2, -0.15) is 0 Å². The van der Waals surface area contributed by atoms with Crippen LogP contribution in [0.4, 0.5) is 5.69 Å². The first kappa shape index (κ1) is 18.7. The van der Waals surface area contributed by atoms with Crippen molar-refractivity contribution in [1.29, 1.82) is 0 Å². The van der Waals surface area contributed by atoms with E-state index in [4.69, 9.17) is 14.2 Å². The number of hydrogen-bond acceptors (Lipinski definition) is 6. The first-order valence-electron chi connectivity index (χ1n) is 8.29. The molecular formula is C18H28N2O4. The number of hydrogen-bond donors (Lipinski definition) is 1. The van der Waals surface area contributed by atoms with Gasteiger partial charge in [0.1, 0.15) is 0 Å². The number of anilines is 1. The normalized spacial score (nSPS) is 16.4. The molecule has 24 heavy (non-hydrogen) atoms. The molecule has 6 heteroatoms. The molecule has 134 valence electrons. The molecule has 2 rings (SSSR count). The highest BCUT2D eigenvalue weighted by Gasteiger charge is 2.19. The molecular weight excluding hydrogens is 308 g/mol. The zero-order valence-electron chi connectivity index (χ0n) is 15.0. The van der Waals surface area contributed by atoms with Gasteiger partial charge in [-0.1, -0.05) is 6.07 Å². The van der Waals surface area contributed by atoms with Gasteiger partial charge in [-0.15, -0.1) is 0 Å². The van der Waals surface area contributed by atoms with E-state index in [2.05, 4.69) is 17.3 Å². The fourth-order valence-corrected chi connectivity index (χ4v) is 2.95. The summed E-state index contributed by atoms with van der Waals surface area (Å²) in [6, 6.07) is 5.98. The Kier molecular flexibility index (Phi) is 7.02. The van der Waals surface area contributed by atoms with E-state index in [-0.39, 0.29) is 12.3 Å². The van der Waals surface area contributed by atoms with E-state index < -0.39 is 0 Å². The van der Waals surface area contributed by atoms with Crippen molar-refractivity contribution in [2.75, 3.05) is 46.8 Å². The number of rotatable bonds is 7. The highest BCUT2D eigenvalue weighted by Crippen LogP contribution is 2.24. The largest absolute Gasteiger partial charge is 0.465 e. The molecule has 1 saturated heterocycles. The Bertz CT molecular complexity index is 538. The average molecular weight is 336 g/mol. The Labute approximate surface area is 144 Å². The first-order valence-corrected chi connectivity index (χ1v) is 8.29. The summed E-state index contributed by atoms with van der Waals surface area (Å²) in [5, 5.41) is 3.60. The van der Waals surface area contributed by atoms with E-state index in [1.165, 1.54) is 7.11 Å². The lowest BCUT2D eigenvalue weighted by Crippen LogP contribution is -2.37. The Hall–Kier alpha value is -1.63. The summed E-state index contributed by atoms with van der Waals surface area (Å²) >= 11 is 0. The van der Waals surface area contributed by atoms with Crippen LogP contribution in [-0.2, 0) is 20.6 Å². The van der Waals surface area contributed by atoms with E-state index >= 15 is 0 Å². The standard InChI is InChI=1S/C18H28N2O4/c1-20-9-7-15(8-10-20)19-16-11-14(18(21)24-4)6-5-13(16)12-17(22-2)23-3/h5-6,11,15,17,19H,7-10,12H2,1-4H3. The molecule has 1 heterocycles. The Morgan fingerprint density at radius 3 is 2.50 bits per heavy atom. The molecule has 0 saturated carbocycles. The number of ether oxygens (including phenoxy) is 3. The molecule has 1 N–H and O–H groups in total. The van der Waals surface area contributed by atoms with Crippen LogP contribution < -0.4 is 5.32 Å². The lowest BCUT2D eigenvalue weighted by molar-refractivity contribution is -0.100. The molecule has 1 aromatic rings. The van der Waals surface area contributed by atoms with Gasteiger partial charge < -0.3 is 24.4 Å². The summed E-state index contributed by atoms with van der Waals surface area (Å²) in [4.78, 5) is 14.2. The van der Waals surface area contributed by atoms with Gasteiger partial charge >= 0.3 is 5.97 Å². The monoisotopic (exact) mass is 336 g/mol. The second-order valence-electron chi connectivity index (χ2n) is 6.19. The molecule has 1 aliphatic heterocycles. The Balaban J connectivity index is 2.20. The number of carbonyl (C=O) groups is 1. The number of piperidine rings is 1. The molecule has 0 spiro atoms. The maximum absolute atomic E-state index is 11.8. The van der Waals surface area contributed by atoms with Crippen LogP contribution in [0.2, 0.25) is 0 Å². The number of methoxy groups -OCH3 is 3. The summed E-state index contributed by atoms with van der Waals surface area (Å²) in [6.45, 7) is 2.14. The van der Waals surface area contributed by atoms with Crippen molar-refractivity contribution in [3.05, 3.63) is 29.3 Å².